The highest BCUT2D eigenvalue weighted by atomic mass is 79.9. The summed E-state index contributed by atoms with van der Waals surface area (Å²) in [6.07, 6.45) is 0. The fourth-order valence-corrected chi connectivity index (χ4v) is 5.31. The van der Waals surface area contributed by atoms with Crippen molar-refractivity contribution < 1.29 is 8.42 Å². The number of anilines is 1. The Balaban J connectivity index is 2.49. The quantitative estimate of drug-likeness (QED) is 0.830. The molecule has 0 radical (unpaired) electrons. The van der Waals surface area contributed by atoms with Gasteiger partial charge in [-0.25, -0.2) is 8.42 Å². The number of hydrogen-bond donors (Lipinski definition) is 0. The predicted octanol–water partition coefficient (Wildman–Crippen LogP) is 3.52. The summed E-state index contributed by atoms with van der Waals surface area (Å²) >= 11 is 4.67. The third-order valence-electron chi connectivity index (χ3n) is 2.82. The van der Waals surface area contributed by atoms with E-state index in [1.54, 1.807) is 37.3 Å². The van der Waals surface area contributed by atoms with Crippen molar-refractivity contribution >= 4 is 43.0 Å². The van der Waals surface area contributed by atoms with Crippen LogP contribution in [0.3, 0.4) is 0 Å². The number of thiophene rings is 1. The molecule has 2 rings (SSSR count). The van der Waals surface area contributed by atoms with Crippen molar-refractivity contribution in [2.24, 2.45) is 0 Å². The molecule has 0 fully saturated rings. The Kier molecular flexibility index (Phi) is 4.18. The molecule has 1 aromatic carbocycles. The second-order valence-electron chi connectivity index (χ2n) is 4.11. The van der Waals surface area contributed by atoms with Crippen molar-refractivity contribution in [1.29, 1.82) is 5.26 Å². The van der Waals surface area contributed by atoms with Gasteiger partial charge in [0.25, 0.3) is 10.0 Å². The first-order valence-electron chi connectivity index (χ1n) is 5.61. The van der Waals surface area contributed by atoms with E-state index in [0.717, 1.165) is 8.66 Å². The molecule has 0 saturated heterocycles. The molecular weight excluding hydrogens is 360 g/mol. The van der Waals surface area contributed by atoms with Gasteiger partial charge in [0.05, 0.1) is 21.1 Å². The summed E-state index contributed by atoms with van der Waals surface area (Å²) in [5.74, 6) is 0. The van der Waals surface area contributed by atoms with Crippen LogP contribution in [0, 0.1) is 18.3 Å². The van der Waals surface area contributed by atoms with Crippen molar-refractivity contribution in [3.05, 3.63) is 44.6 Å². The van der Waals surface area contributed by atoms with E-state index in [2.05, 4.69) is 15.9 Å². The first kappa shape index (κ1) is 15.0. The molecule has 0 aliphatic heterocycles. The van der Waals surface area contributed by atoms with E-state index in [-0.39, 0.29) is 4.90 Å². The highest BCUT2D eigenvalue weighted by molar-refractivity contribution is 9.11. The molecule has 104 valence electrons. The topological polar surface area (TPSA) is 61.2 Å². The number of halogens is 1. The van der Waals surface area contributed by atoms with E-state index in [1.807, 2.05) is 6.07 Å². The molecule has 2 aromatic rings. The number of sulfonamides is 1. The minimum atomic E-state index is -3.62. The van der Waals surface area contributed by atoms with Gasteiger partial charge in [0.1, 0.15) is 4.90 Å². The van der Waals surface area contributed by atoms with Crippen LogP contribution >= 0.6 is 27.3 Å². The van der Waals surface area contributed by atoms with Crippen molar-refractivity contribution in [2.45, 2.75) is 11.8 Å². The van der Waals surface area contributed by atoms with Gasteiger partial charge in [-0.15, -0.1) is 11.3 Å². The third kappa shape index (κ3) is 2.73. The van der Waals surface area contributed by atoms with Crippen LogP contribution in [-0.2, 0) is 10.0 Å². The van der Waals surface area contributed by atoms with E-state index >= 15 is 0 Å². The largest absolute Gasteiger partial charge is 0.269 e. The zero-order chi connectivity index (χ0) is 14.9. The van der Waals surface area contributed by atoms with Crippen LogP contribution in [0.15, 0.2) is 39.0 Å². The lowest BCUT2D eigenvalue weighted by molar-refractivity contribution is 0.594. The molecule has 0 saturated carbocycles. The lowest BCUT2D eigenvalue weighted by atomic mass is 10.2. The molecule has 0 aliphatic rings. The lowest BCUT2D eigenvalue weighted by Gasteiger charge is -2.19. The molecule has 0 bridgehead atoms. The number of benzene rings is 1. The van der Waals surface area contributed by atoms with Gasteiger partial charge in [-0.1, -0.05) is 6.07 Å². The molecule has 0 aliphatic carbocycles. The average Bonchev–Trinajstić information content (AvgIpc) is 2.77. The van der Waals surface area contributed by atoms with Crippen LogP contribution in [0.25, 0.3) is 0 Å². The lowest BCUT2D eigenvalue weighted by Crippen LogP contribution is -2.26. The van der Waals surface area contributed by atoms with Crippen molar-refractivity contribution in [3.63, 3.8) is 0 Å². The van der Waals surface area contributed by atoms with Gasteiger partial charge in [-0.3, -0.25) is 4.31 Å². The molecule has 0 unspecified atom stereocenters. The number of nitriles is 1. The molecule has 0 N–H and O–H groups in total. The molecule has 1 heterocycles. The summed E-state index contributed by atoms with van der Waals surface area (Å²) in [5, 5.41) is 8.89. The van der Waals surface area contributed by atoms with E-state index in [9.17, 15) is 8.42 Å². The van der Waals surface area contributed by atoms with Crippen LogP contribution in [-0.4, -0.2) is 15.5 Å². The SMILES string of the molecule is Cc1sc(Br)cc1S(=O)(=O)N(C)c1cccc(C#N)c1. The summed E-state index contributed by atoms with van der Waals surface area (Å²) in [7, 11) is -2.14. The van der Waals surface area contributed by atoms with E-state index in [0.29, 0.717) is 11.3 Å². The Bertz CT molecular complexity index is 791. The second-order valence-corrected chi connectivity index (χ2v) is 8.68. The summed E-state index contributed by atoms with van der Waals surface area (Å²) < 4.78 is 27.2. The van der Waals surface area contributed by atoms with Crippen molar-refractivity contribution in [3.8, 4) is 6.07 Å². The van der Waals surface area contributed by atoms with Gasteiger partial charge >= 0.3 is 0 Å². The smallest absolute Gasteiger partial charge is 0.265 e. The van der Waals surface area contributed by atoms with Gasteiger partial charge in [0, 0.05) is 11.9 Å². The first-order chi connectivity index (χ1) is 9.36. The number of hydrogen-bond acceptors (Lipinski definition) is 4. The molecule has 0 amide bonds. The molecule has 7 heteroatoms. The number of rotatable bonds is 3. The zero-order valence-electron chi connectivity index (χ0n) is 10.8. The molecule has 4 nitrogen and oxygen atoms in total. The predicted molar refractivity (Wildman–Crippen MR) is 83.5 cm³/mol. The molecule has 0 spiro atoms. The molecular formula is C13H11BrN2O2S2. The third-order valence-corrected chi connectivity index (χ3v) is 6.41. The standard InChI is InChI=1S/C13H11BrN2O2S2/c1-9-12(7-13(14)19-9)20(17,18)16(2)11-5-3-4-10(6-11)8-15/h3-7H,1-2H3. The summed E-state index contributed by atoms with van der Waals surface area (Å²) in [4.78, 5) is 0.999. The fourth-order valence-electron chi connectivity index (χ4n) is 1.74. The second kappa shape index (κ2) is 5.56. The van der Waals surface area contributed by atoms with Gasteiger partial charge < -0.3 is 0 Å². The molecule has 20 heavy (non-hydrogen) atoms. The zero-order valence-corrected chi connectivity index (χ0v) is 14.0. The minimum Gasteiger partial charge on any atom is -0.269 e. The maximum absolute atomic E-state index is 12.6. The van der Waals surface area contributed by atoms with Gasteiger partial charge in [0.2, 0.25) is 0 Å². The number of aryl methyl sites for hydroxylation is 1. The average molecular weight is 371 g/mol. The van der Waals surface area contributed by atoms with Gasteiger partial charge in [-0.05, 0) is 47.1 Å². The van der Waals surface area contributed by atoms with E-state index in [1.165, 1.54) is 22.7 Å². The maximum Gasteiger partial charge on any atom is 0.265 e. The van der Waals surface area contributed by atoms with Crippen LogP contribution in [0.5, 0.6) is 0 Å². The number of nitrogens with zero attached hydrogens (tertiary/aromatic N) is 2. The Morgan fingerprint density at radius 2 is 2.05 bits per heavy atom. The van der Waals surface area contributed by atoms with Crippen LogP contribution in [0.1, 0.15) is 10.4 Å². The van der Waals surface area contributed by atoms with Crippen molar-refractivity contribution in [1.82, 2.24) is 0 Å². The fraction of sp³-hybridized carbons (Fsp3) is 0.154. The minimum absolute atomic E-state index is 0.277. The summed E-state index contributed by atoms with van der Waals surface area (Å²) in [5.41, 5.74) is 0.888. The molecule has 1 aromatic heterocycles. The van der Waals surface area contributed by atoms with Crippen molar-refractivity contribution in [2.75, 3.05) is 11.4 Å². The summed E-state index contributed by atoms with van der Waals surface area (Å²) in [6, 6.07) is 10.1. The monoisotopic (exact) mass is 370 g/mol. The van der Waals surface area contributed by atoms with Crippen LogP contribution < -0.4 is 4.31 Å². The Morgan fingerprint density at radius 3 is 2.60 bits per heavy atom. The van der Waals surface area contributed by atoms with Gasteiger partial charge in [-0.2, -0.15) is 5.26 Å². The van der Waals surface area contributed by atoms with E-state index in [4.69, 9.17) is 5.26 Å². The highest BCUT2D eigenvalue weighted by Crippen LogP contribution is 2.32. The molecule has 0 atom stereocenters. The van der Waals surface area contributed by atoms with E-state index < -0.39 is 10.0 Å². The maximum atomic E-state index is 12.6. The highest BCUT2D eigenvalue weighted by Gasteiger charge is 2.25. The Morgan fingerprint density at radius 1 is 1.35 bits per heavy atom. The first-order valence-corrected chi connectivity index (χ1v) is 8.66. The summed E-state index contributed by atoms with van der Waals surface area (Å²) in [6.45, 7) is 1.77. The van der Waals surface area contributed by atoms with Gasteiger partial charge in [0.15, 0.2) is 0 Å². The Hall–Kier alpha value is -1.36. The Labute approximate surface area is 130 Å². The van der Waals surface area contributed by atoms with Crippen LogP contribution in [0.4, 0.5) is 5.69 Å². The van der Waals surface area contributed by atoms with Crippen LogP contribution in [0.2, 0.25) is 0 Å². The normalized spacial score (nSPS) is 11.1.